The van der Waals surface area contributed by atoms with Gasteiger partial charge in [-0.1, -0.05) is 77.3 Å². The molecule has 0 aromatic heterocycles. The minimum Gasteiger partial charge on any atom is -0.179 e. The number of hydrogen-bond donors (Lipinski definition) is 1. The molecule has 0 unspecified atom stereocenters. The summed E-state index contributed by atoms with van der Waals surface area (Å²) < 4.78 is 0. The third-order valence-corrected chi connectivity index (χ3v) is 5.86. The Morgan fingerprint density at radius 3 is 1.33 bits per heavy atom. The van der Waals surface area contributed by atoms with Gasteiger partial charge in [0.15, 0.2) is 0 Å². The van der Waals surface area contributed by atoms with Crippen LogP contribution < -0.4 is 0 Å². The highest BCUT2D eigenvalue weighted by Gasteiger charge is 2.15. The maximum absolute atomic E-state index is 6.30. The molecule has 0 rings (SSSR count). The monoisotopic (exact) mass is 308 g/mol. The topological polar surface area (TPSA) is 0 Å². The number of rotatable bonds is 13. The van der Waals surface area contributed by atoms with Crippen molar-refractivity contribution in [2.45, 2.75) is 89.8 Å². The predicted octanol–water partition coefficient (Wildman–Crippen LogP) is 6.65. The van der Waals surface area contributed by atoms with Crippen LogP contribution in [-0.2, 0) is 0 Å². The van der Waals surface area contributed by atoms with Gasteiger partial charge < -0.3 is 0 Å². The van der Waals surface area contributed by atoms with E-state index < -0.39 is 7.38 Å². The second kappa shape index (κ2) is 12.9. The highest BCUT2D eigenvalue weighted by Crippen LogP contribution is 2.19. The van der Waals surface area contributed by atoms with E-state index in [2.05, 4.69) is 25.7 Å². The van der Waals surface area contributed by atoms with Gasteiger partial charge in [0, 0.05) is 0 Å². The smallest absolute Gasteiger partial charge is 0.150 e. The second-order valence-electron chi connectivity index (χ2n) is 6.08. The van der Waals surface area contributed by atoms with Gasteiger partial charge in [-0.25, -0.2) is 0 Å². The molecule has 18 heavy (non-hydrogen) atoms. The first-order chi connectivity index (χ1) is 8.56. The van der Waals surface area contributed by atoms with Crippen molar-refractivity contribution < 1.29 is 0 Å². The van der Waals surface area contributed by atoms with Gasteiger partial charge in [0.25, 0.3) is 0 Å². The van der Waals surface area contributed by atoms with Gasteiger partial charge in [-0.05, 0) is 18.2 Å². The largest absolute Gasteiger partial charge is 0.179 e. The van der Waals surface area contributed by atoms with Gasteiger partial charge in [-0.2, -0.15) is 23.7 Å². The molecule has 0 aliphatic rings. The van der Waals surface area contributed by atoms with Crippen molar-refractivity contribution in [3.63, 3.8) is 0 Å². The fourth-order valence-electron chi connectivity index (χ4n) is 2.25. The average molecular weight is 309 g/mol. The van der Waals surface area contributed by atoms with Crippen LogP contribution in [0.3, 0.4) is 0 Å². The fraction of sp³-hybridized carbons (Fsp3) is 1.00. The summed E-state index contributed by atoms with van der Waals surface area (Å²) in [7, 11) is -1.29. The normalized spacial score (nSPS) is 12.0. The van der Waals surface area contributed by atoms with Crippen LogP contribution in [0.25, 0.3) is 0 Å². The van der Waals surface area contributed by atoms with Gasteiger partial charge in [-0.3, -0.25) is 0 Å². The van der Waals surface area contributed by atoms with Gasteiger partial charge in [0.05, 0.1) is 0 Å². The van der Waals surface area contributed by atoms with E-state index in [-0.39, 0.29) is 0 Å². The third-order valence-electron chi connectivity index (χ3n) is 3.43. The Balaban J connectivity index is 2.99. The highest BCUT2D eigenvalue weighted by molar-refractivity contribution is 7.80. The molecule has 0 amide bonds. The quantitative estimate of drug-likeness (QED) is 0.167. The standard InChI is InChI=1S/C15H33ClSSi/c1-18(2,16)15-13-11-9-7-5-3-4-6-8-10-12-14-17/h17H,3-15H2,1-2H3. The SMILES string of the molecule is C[Si](C)(Cl)CCCCCCCCCCCCCS. The zero-order valence-corrected chi connectivity index (χ0v) is 15.2. The molecule has 0 fully saturated rings. The van der Waals surface area contributed by atoms with Crippen molar-refractivity contribution in [3.8, 4) is 0 Å². The van der Waals surface area contributed by atoms with Crippen LogP contribution in [-0.4, -0.2) is 13.1 Å². The molecule has 0 aromatic rings. The summed E-state index contributed by atoms with van der Waals surface area (Å²) in [5.41, 5.74) is 0. The lowest BCUT2D eigenvalue weighted by molar-refractivity contribution is 0.554. The van der Waals surface area contributed by atoms with E-state index in [0.29, 0.717) is 0 Å². The predicted molar refractivity (Wildman–Crippen MR) is 92.8 cm³/mol. The van der Waals surface area contributed by atoms with E-state index in [1.54, 1.807) is 0 Å². The maximum Gasteiger partial charge on any atom is 0.150 e. The molecule has 0 aromatic carbocycles. The number of hydrogen-bond acceptors (Lipinski definition) is 1. The van der Waals surface area contributed by atoms with Crippen molar-refractivity contribution >= 4 is 31.1 Å². The van der Waals surface area contributed by atoms with Gasteiger partial charge in [0.2, 0.25) is 0 Å². The first-order valence-electron chi connectivity index (χ1n) is 7.86. The summed E-state index contributed by atoms with van der Waals surface area (Å²) in [5.74, 6) is 1.06. The summed E-state index contributed by atoms with van der Waals surface area (Å²) in [4.78, 5) is 0. The van der Waals surface area contributed by atoms with Crippen molar-refractivity contribution in [2.75, 3.05) is 5.75 Å². The zero-order valence-electron chi connectivity index (χ0n) is 12.5. The van der Waals surface area contributed by atoms with E-state index in [1.165, 1.54) is 76.7 Å². The molecule has 0 aliphatic carbocycles. The van der Waals surface area contributed by atoms with Crippen LogP contribution in [0.1, 0.15) is 70.6 Å². The first-order valence-corrected chi connectivity index (χ1v) is 12.7. The van der Waals surface area contributed by atoms with E-state index in [1.807, 2.05) is 0 Å². The molecule has 3 heteroatoms. The summed E-state index contributed by atoms with van der Waals surface area (Å²) >= 11 is 10.5. The molecule has 0 nitrogen and oxygen atoms in total. The van der Waals surface area contributed by atoms with Crippen molar-refractivity contribution in [3.05, 3.63) is 0 Å². The highest BCUT2D eigenvalue weighted by atomic mass is 35.6. The summed E-state index contributed by atoms with van der Waals surface area (Å²) in [6.45, 7) is 4.50. The molecule has 0 aliphatic heterocycles. The van der Waals surface area contributed by atoms with Crippen molar-refractivity contribution in [2.24, 2.45) is 0 Å². The van der Waals surface area contributed by atoms with Crippen molar-refractivity contribution in [1.29, 1.82) is 0 Å². The van der Waals surface area contributed by atoms with Crippen molar-refractivity contribution in [1.82, 2.24) is 0 Å². The van der Waals surface area contributed by atoms with Crippen LogP contribution in [0.2, 0.25) is 19.1 Å². The van der Waals surface area contributed by atoms with E-state index >= 15 is 0 Å². The molecule has 0 atom stereocenters. The third kappa shape index (κ3) is 16.9. The molecule has 0 bridgehead atoms. The van der Waals surface area contributed by atoms with Gasteiger partial charge >= 0.3 is 0 Å². The first kappa shape index (κ1) is 18.9. The van der Waals surface area contributed by atoms with Crippen LogP contribution in [0.15, 0.2) is 0 Å². The zero-order chi connectivity index (χ0) is 13.7. The molecular weight excluding hydrogens is 276 g/mol. The van der Waals surface area contributed by atoms with Crippen LogP contribution >= 0.6 is 23.7 Å². The van der Waals surface area contributed by atoms with Crippen LogP contribution in [0.5, 0.6) is 0 Å². The Kier molecular flexibility index (Phi) is 13.5. The molecular formula is C15H33ClSSi. The molecule has 110 valence electrons. The maximum atomic E-state index is 6.30. The number of halogens is 1. The minimum absolute atomic E-state index is 1.06. The Hall–Kier alpha value is 0.857. The minimum atomic E-state index is -1.29. The second-order valence-corrected chi connectivity index (χ2v) is 13.5. The molecule has 0 N–H and O–H groups in total. The summed E-state index contributed by atoms with van der Waals surface area (Å²) in [6, 6.07) is 1.29. The molecule has 0 saturated carbocycles. The molecule has 0 radical (unpaired) electrons. The average Bonchev–Trinajstić information content (AvgIpc) is 2.29. The van der Waals surface area contributed by atoms with Crippen LogP contribution in [0.4, 0.5) is 0 Å². The van der Waals surface area contributed by atoms with E-state index in [0.717, 1.165) is 5.75 Å². The van der Waals surface area contributed by atoms with E-state index in [4.69, 9.17) is 11.1 Å². The number of thiol groups is 1. The molecule has 0 spiro atoms. The lowest BCUT2D eigenvalue weighted by atomic mass is 10.1. The van der Waals surface area contributed by atoms with Gasteiger partial charge in [-0.15, -0.1) is 0 Å². The van der Waals surface area contributed by atoms with Gasteiger partial charge in [0.1, 0.15) is 7.38 Å². The molecule has 0 saturated heterocycles. The Bertz CT molecular complexity index is 168. The van der Waals surface area contributed by atoms with E-state index in [9.17, 15) is 0 Å². The fourth-order valence-corrected chi connectivity index (χ4v) is 3.96. The Morgan fingerprint density at radius 1 is 0.667 bits per heavy atom. The number of unbranched alkanes of at least 4 members (excludes halogenated alkanes) is 10. The van der Waals surface area contributed by atoms with Crippen LogP contribution in [0, 0.1) is 0 Å². The lowest BCUT2D eigenvalue weighted by Gasteiger charge is -2.11. The molecule has 0 heterocycles. The summed E-state index contributed by atoms with van der Waals surface area (Å²) in [5, 5.41) is 0. The lowest BCUT2D eigenvalue weighted by Crippen LogP contribution is -2.14. The Morgan fingerprint density at radius 2 is 1.00 bits per heavy atom. The Labute approximate surface area is 126 Å². The summed E-state index contributed by atoms with van der Waals surface area (Å²) in [6.07, 6.45) is 15.4.